The average molecular weight is 514 g/mol. The minimum atomic E-state index is -4.79. The van der Waals surface area contributed by atoms with Gasteiger partial charge < -0.3 is 4.42 Å². The molecule has 180 valence electrons. The Bertz CT molecular complexity index is 1730. The Labute approximate surface area is 203 Å². The first kappa shape index (κ1) is 23.1. The molecule has 0 aliphatic rings. The molecule has 4 heterocycles. The van der Waals surface area contributed by atoms with Crippen LogP contribution in [0.15, 0.2) is 45.7 Å². The fourth-order valence-electron chi connectivity index (χ4n) is 3.55. The Hall–Kier alpha value is -4.64. The van der Waals surface area contributed by atoms with Crippen LogP contribution in [0.1, 0.15) is 22.6 Å². The molecule has 0 aliphatic heterocycles. The van der Waals surface area contributed by atoms with Crippen molar-refractivity contribution in [2.45, 2.75) is 19.6 Å². The molecule has 1 aromatic carbocycles. The van der Waals surface area contributed by atoms with E-state index < -0.39 is 24.2 Å². The van der Waals surface area contributed by atoms with Crippen LogP contribution in [-0.2, 0) is 12.7 Å². The summed E-state index contributed by atoms with van der Waals surface area (Å²) in [6, 6.07) is 9.37. The first-order valence-corrected chi connectivity index (χ1v) is 10.4. The lowest BCUT2D eigenvalue weighted by atomic mass is 10.1. The monoisotopic (exact) mass is 513 g/mol. The molecule has 4 aromatic heterocycles. The molecule has 36 heavy (non-hydrogen) atoms. The smallest absolute Gasteiger partial charge is 0.401 e. The van der Waals surface area contributed by atoms with Crippen LogP contribution in [0.2, 0.25) is 5.02 Å². The van der Waals surface area contributed by atoms with Gasteiger partial charge in [0.25, 0.3) is 5.82 Å². The van der Waals surface area contributed by atoms with Crippen molar-refractivity contribution in [3.8, 4) is 23.5 Å². The van der Waals surface area contributed by atoms with Gasteiger partial charge in [0.1, 0.15) is 5.69 Å². The highest BCUT2D eigenvalue weighted by molar-refractivity contribution is 6.32. The Balaban J connectivity index is 1.70. The van der Waals surface area contributed by atoms with Crippen molar-refractivity contribution in [2.24, 2.45) is 0 Å². The summed E-state index contributed by atoms with van der Waals surface area (Å²) in [7, 11) is 0. The molecule has 0 aliphatic carbocycles. The van der Waals surface area contributed by atoms with E-state index in [0.717, 1.165) is 0 Å². The van der Waals surface area contributed by atoms with Crippen molar-refractivity contribution >= 4 is 22.5 Å². The normalized spacial score (nSPS) is 11.7. The summed E-state index contributed by atoms with van der Waals surface area (Å²) >= 11 is 6.29. The van der Waals surface area contributed by atoms with Crippen LogP contribution >= 0.6 is 11.6 Å². The van der Waals surface area contributed by atoms with Gasteiger partial charge in [0.2, 0.25) is 5.89 Å². The third-order valence-electron chi connectivity index (χ3n) is 5.07. The lowest BCUT2D eigenvalue weighted by Gasteiger charge is -2.08. The highest BCUT2D eigenvalue weighted by Gasteiger charge is 2.38. The van der Waals surface area contributed by atoms with Crippen LogP contribution in [0.3, 0.4) is 0 Å². The summed E-state index contributed by atoms with van der Waals surface area (Å²) in [6.45, 7) is 1.21. The van der Waals surface area contributed by atoms with Gasteiger partial charge in [-0.1, -0.05) is 11.6 Å². The molecule has 0 unspecified atom stereocenters. The fraction of sp³-hybridized carbons (Fsp3) is 0.143. The van der Waals surface area contributed by atoms with Crippen molar-refractivity contribution in [1.29, 1.82) is 5.26 Å². The van der Waals surface area contributed by atoms with E-state index in [4.69, 9.17) is 16.0 Å². The number of halogens is 4. The van der Waals surface area contributed by atoms with Crippen molar-refractivity contribution in [3.63, 3.8) is 0 Å². The maximum atomic E-state index is 13.2. The Morgan fingerprint density at radius 1 is 1.25 bits per heavy atom. The number of fused-ring (bicyclic) bond motifs is 1. The van der Waals surface area contributed by atoms with Crippen LogP contribution in [-0.4, -0.2) is 40.0 Å². The average Bonchev–Trinajstić information content (AvgIpc) is 3.47. The van der Waals surface area contributed by atoms with Gasteiger partial charge in [-0.3, -0.25) is 0 Å². The fourth-order valence-corrected chi connectivity index (χ4v) is 3.75. The number of alkyl halides is 3. The van der Waals surface area contributed by atoms with E-state index in [1.54, 1.807) is 19.1 Å². The lowest BCUT2D eigenvalue weighted by molar-refractivity contribution is -0.147. The van der Waals surface area contributed by atoms with Crippen LogP contribution in [0.25, 0.3) is 28.3 Å². The van der Waals surface area contributed by atoms with E-state index in [2.05, 4.69) is 30.6 Å². The molecular weight excluding hydrogens is 503 g/mol. The number of nitrogens with zero attached hydrogens (tertiary/aromatic N) is 9. The molecule has 0 atom stereocenters. The van der Waals surface area contributed by atoms with Gasteiger partial charge in [0.15, 0.2) is 5.82 Å². The molecule has 0 N–H and O–H groups in total. The third-order valence-corrected chi connectivity index (χ3v) is 5.36. The van der Waals surface area contributed by atoms with Gasteiger partial charge in [0, 0.05) is 6.20 Å². The Kier molecular flexibility index (Phi) is 5.48. The minimum Gasteiger partial charge on any atom is -0.401 e. The van der Waals surface area contributed by atoms with Crippen LogP contribution < -0.4 is 5.63 Å². The minimum absolute atomic E-state index is 0.0746. The van der Waals surface area contributed by atoms with E-state index in [1.807, 2.05) is 6.07 Å². The van der Waals surface area contributed by atoms with Gasteiger partial charge >= 0.3 is 11.8 Å². The van der Waals surface area contributed by atoms with Crippen LogP contribution in [0.5, 0.6) is 0 Å². The first-order chi connectivity index (χ1) is 17.2. The first-order valence-electron chi connectivity index (χ1n) is 10.0. The molecule has 0 spiro atoms. The quantitative estimate of drug-likeness (QED) is 0.353. The molecule has 0 fully saturated rings. The zero-order valence-electron chi connectivity index (χ0n) is 18.0. The summed E-state index contributed by atoms with van der Waals surface area (Å²) in [5, 5.41) is 23.3. The van der Waals surface area contributed by atoms with Gasteiger partial charge in [-0.2, -0.15) is 23.5 Å². The number of hydrogen-bond acceptors (Lipinski definition) is 9. The molecule has 5 aromatic rings. The second kappa shape index (κ2) is 8.54. The Morgan fingerprint density at radius 3 is 2.78 bits per heavy atom. The molecular formula is C21H11ClF3N9O2. The molecule has 15 heteroatoms. The topological polar surface area (TPSA) is 141 Å². The molecule has 0 bridgehead atoms. The van der Waals surface area contributed by atoms with Crippen molar-refractivity contribution < 1.29 is 17.6 Å². The molecule has 11 nitrogen and oxygen atoms in total. The van der Waals surface area contributed by atoms with Gasteiger partial charge in [-0.25, -0.2) is 24.1 Å². The standard InChI is InChI=1S/C21H11ClF3N9O2/c1-10-5-11(8-26)6-13-16(10)28-18(36-19(13)35)15-7-12(9-33-20(21(23,24)25)29-31-32-33)30-34(15)17-14(22)3-2-4-27-17/h2-7H,9H2,1H3. The Morgan fingerprint density at radius 2 is 2.06 bits per heavy atom. The summed E-state index contributed by atoms with van der Waals surface area (Å²) in [6.07, 6.45) is -3.35. The zero-order valence-corrected chi connectivity index (χ0v) is 18.8. The number of rotatable bonds is 4. The predicted octanol–water partition coefficient (Wildman–Crippen LogP) is 3.32. The maximum Gasteiger partial charge on any atom is 0.453 e. The van der Waals surface area contributed by atoms with Crippen LogP contribution in [0, 0.1) is 18.3 Å². The lowest BCUT2D eigenvalue weighted by Crippen LogP contribution is -2.17. The largest absolute Gasteiger partial charge is 0.453 e. The summed E-state index contributed by atoms with van der Waals surface area (Å²) in [5.74, 6) is -1.38. The van der Waals surface area contributed by atoms with E-state index in [1.165, 1.54) is 29.1 Å². The van der Waals surface area contributed by atoms with E-state index in [0.29, 0.717) is 10.2 Å². The van der Waals surface area contributed by atoms with Crippen LogP contribution in [0.4, 0.5) is 13.2 Å². The van der Waals surface area contributed by atoms with Gasteiger partial charge in [-0.15, -0.1) is 5.10 Å². The SMILES string of the molecule is Cc1cc(C#N)cc2c(=O)oc(-c3cc(Cn4nnnc4C(F)(F)F)nn3-c3ncccc3Cl)nc12. The molecule has 0 saturated heterocycles. The van der Waals surface area contributed by atoms with E-state index in [9.17, 15) is 23.2 Å². The number of nitriles is 1. The zero-order chi connectivity index (χ0) is 25.6. The van der Waals surface area contributed by atoms with Gasteiger partial charge in [0.05, 0.1) is 39.8 Å². The number of pyridine rings is 1. The highest BCUT2D eigenvalue weighted by atomic mass is 35.5. The number of aromatic nitrogens is 8. The van der Waals surface area contributed by atoms with Gasteiger partial charge in [-0.05, 0) is 53.2 Å². The summed E-state index contributed by atoms with van der Waals surface area (Å²) < 4.78 is 46.9. The summed E-state index contributed by atoms with van der Waals surface area (Å²) in [4.78, 5) is 21.4. The molecule has 0 saturated carbocycles. The third kappa shape index (κ3) is 4.05. The maximum absolute atomic E-state index is 13.2. The number of tetrazole rings is 1. The van der Waals surface area contributed by atoms with E-state index >= 15 is 0 Å². The van der Waals surface area contributed by atoms with Crippen molar-refractivity contribution in [3.05, 3.63) is 74.6 Å². The molecule has 5 rings (SSSR count). The predicted molar refractivity (Wildman–Crippen MR) is 117 cm³/mol. The molecule has 0 radical (unpaired) electrons. The highest BCUT2D eigenvalue weighted by Crippen LogP contribution is 2.29. The second-order valence-corrected chi connectivity index (χ2v) is 7.91. The number of aryl methyl sites for hydroxylation is 1. The number of hydrogen-bond donors (Lipinski definition) is 0. The van der Waals surface area contributed by atoms with Crippen molar-refractivity contribution in [1.82, 2.24) is 40.0 Å². The second-order valence-electron chi connectivity index (χ2n) is 7.51. The summed E-state index contributed by atoms with van der Waals surface area (Å²) in [5.41, 5.74) is 0.485. The van der Waals surface area contributed by atoms with E-state index in [-0.39, 0.29) is 44.6 Å². The van der Waals surface area contributed by atoms with Crippen molar-refractivity contribution in [2.75, 3.05) is 0 Å². The number of benzene rings is 1. The molecule has 0 amide bonds.